The molecule has 30 heavy (non-hydrogen) atoms. The van der Waals surface area contributed by atoms with Crippen LogP contribution in [0.4, 0.5) is 4.39 Å². The summed E-state index contributed by atoms with van der Waals surface area (Å²) in [5.41, 5.74) is 1.47. The minimum Gasteiger partial charge on any atom is -0.480 e. The first-order valence-corrected chi connectivity index (χ1v) is 9.91. The van der Waals surface area contributed by atoms with Crippen LogP contribution in [0.2, 0.25) is 0 Å². The summed E-state index contributed by atoms with van der Waals surface area (Å²) in [5, 5.41) is 9.28. The molecule has 0 aliphatic heterocycles. The molecule has 0 fully saturated rings. The lowest BCUT2D eigenvalue weighted by atomic mass is 10.1. The van der Waals surface area contributed by atoms with Gasteiger partial charge in [-0.15, -0.1) is 0 Å². The molecule has 0 aromatic heterocycles. The van der Waals surface area contributed by atoms with Gasteiger partial charge in [-0.05, 0) is 43.3 Å². The normalized spacial score (nSPS) is 10.5. The van der Waals surface area contributed by atoms with Gasteiger partial charge in [-0.25, -0.2) is 4.39 Å². The molecular weight excluding hydrogens is 453 g/mol. The molecule has 0 spiro atoms. The van der Waals surface area contributed by atoms with E-state index in [4.69, 9.17) is 4.74 Å². The number of para-hydroxylation sites is 1. The van der Waals surface area contributed by atoms with Gasteiger partial charge in [-0.3, -0.25) is 9.59 Å². The van der Waals surface area contributed by atoms with Crippen molar-refractivity contribution in [1.29, 1.82) is 0 Å². The van der Waals surface area contributed by atoms with Crippen LogP contribution < -0.4 is 4.74 Å². The summed E-state index contributed by atoms with van der Waals surface area (Å²) in [4.78, 5) is 25.6. The summed E-state index contributed by atoms with van der Waals surface area (Å²) >= 11 is 3.18. The van der Waals surface area contributed by atoms with Crippen molar-refractivity contribution in [1.82, 2.24) is 4.90 Å². The largest absolute Gasteiger partial charge is 0.480 e. The van der Waals surface area contributed by atoms with Gasteiger partial charge in [0, 0.05) is 16.6 Å². The first-order chi connectivity index (χ1) is 14.3. The van der Waals surface area contributed by atoms with Crippen molar-refractivity contribution in [2.75, 3.05) is 6.54 Å². The van der Waals surface area contributed by atoms with E-state index in [1.807, 2.05) is 19.1 Å². The highest BCUT2D eigenvalue weighted by atomic mass is 79.9. The van der Waals surface area contributed by atoms with Gasteiger partial charge in [0.05, 0.1) is 5.56 Å². The lowest BCUT2D eigenvalue weighted by molar-refractivity contribution is -0.137. The fourth-order valence-electron chi connectivity index (χ4n) is 2.85. The average molecular weight is 472 g/mol. The SMILES string of the molecule is Cc1ccc(Oc2ccccc2C(=O)N(CC(=O)O)Cc2ccc(Br)cc2F)cc1. The van der Waals surface area contributed by atoms with Gasteiger partial charge in [0.25, 0.3) is 5.91 Å². The molecule has 3 aromatic carbocycles. The standard InChI is InChI=1S/C23H19BrFNO4/c1-15-6-10-18(11-7-15)30-21-5-3-2-4-19(21)23(29)26(14-22(27)28)13-16-8-9-17(24)12-20(16)25/h2-12H,13-14H2,1H3,(H,27,28). The first kappa shape index (κ1) is 21.5. The quantitative estimate of drug-likeness (QED) is 0.499. The molecule has 0 unspecified atom stereocenters. The van der Waals surface area contributed by atoms with Crippen molar-refractivity contribution in [3.05, 3.63) is 93.7 Å². The molecule has 154 valence electrons. The maximum Gasteiger partial charge on any atom is 0.323 e. The molecule has 1 amide bonds. The maximum atomic E-state index is 14.3. The van der Waals surface area contributed by atoms with E-state index in [9.17, 15) is 19.1 Å². The summed E-state index contributed by atoms with van der Waals surface area (Å²) in [6, 6.07) is 18.3. The molecule has 0 saturated heterocycles. The number of aliphatic carboxylic acids is 1. The highest BCUT2D eigenvalue weighted by Gasteiger charge is 2.23. The van der Waals surface area contributed by atoms with Crippen molar-refractivity contribution < 1.29 is 23.8 Å². The van der Waals surface area contributed by atoms with Gasteiger partial charge in [0.1, 0.15) is 23.9 Å². The Morgan fingerprint density at radius 3 is 2.43 bits per heavy atom. The summed E-state index contributed by atoms with van der Waals surface area (Å²) in [5.74, 6) is -1.46. The Kier molecular flexibility index (Phi) is 6.84. The Bertz CT molecular complexity index is 1070. The molecule has 1 N–H and O–H groups in total. The van der Waals surface area contributed by atoms with E-state index < -0.39 is 24.2 Å². The molecule has 0 aliphatic carbocycles. The van der Waals surface area contributed by atoms with Crippen LogP contribution in [0.15, 0.2) is 71.2 Å². The van der Waals surface area contributed by atoms with E-state index in [0.29, 0.717) is 10.2 Å². The number of amides is 1. The van der Waals surface area contributed by atoms with Crippen molar-refractivity contribution in [3.8, 4) is 11.5 Å². The van der Waals surface area contributed by atoms with E-state index in [1.165, 1.54) is 12.1 Å². The number of benzene rings is 3. The predicted molar refractivity (Wildman–Crippen MR) is 114 cm³/mol. The molecule has 0 saturated carbocycles. The smallest absolute Gasteiger partial charge is 0.323 e. The molecule has 0 aliphatic rings. The number of carboxylic acid groups (broad SMARTS) is 1. The molecule has 3 aromatic rings. The number of carboxylic acids is 1. The highest BCUT2D eigenvalue weighted by molar-refractivity contribution is 9.10. The minimum atomic E-state index is -1.20. The van der Waals surface area contributed by atoms with E-state index in [-0.39, 0.29) is 23.4 Å². The summed E-state index contributed by atoms with van der Waals surface area (Å²) in [6.45, 7) is 1.18. The monoisotopic (exact) mass is 471 g/mol. The second-order valence-electron chi connectivity index (χ2n) is 6.70. The Hall–Kier alpha value is -3.19. The van der Waals surface area contributed by atoms with Gasteiger partial charge in [-0.1, -0.05) is 51.8 Å². The lowest BCUT2D eigenvalue weighted by Gasteiger charge is -2.22. The topological polar surface area (TPSA) is 66.8 Å². The van der Waals surface area contributed by atoms with Gasteiger partial charge >= 0.3 is 5.97 Å². The zero-order chi connectivity index (χ0) is 21.7. The lowest BCUT2D eigenvalue weighted by Crippen LogP contribution is -2.35. The average Bonchev–Trinajstić information content (AvgIpc) is 2.71. The molecule has 7 heteroatoms. The van der Waals surface area contributed by atoms with Crippen molar-refractivity contribution in [2.24, 2.45) is 0 Å². The third kappa shape index (κ3) is 5.45. The number of carbonyl (C=O) groups excluding carboxylic acids is 1. The molecule has 3 rings (SSSR count). The number of nitrogens with zero attached hydrogens (tertiary/aromatic N) is 1. The van der Waals surface area contributed by atoms with E-state index in [2.05, 4.69) is 15.9 Å². The van der Waals surface area contributed by atoms with Crippen LogP contribution in [0, 0.1) is 12.7 Å². The molecular formula is C23H19BrFNO4. The van der Waals surface area contributed by atoms with Gasteiger partial charge in [0.2, 0.25) is 0 Å². The third-order valence-electron chi connectivity index (χ3n) is 4.36. The molecule has 0 atom stereocenters. The van der Waals surface area contributed by atoms with Crippen molar-refractivity contribution >= 4 is 27.8 Å². The summed E-state index contributed by atoms with van der Waals surface area (Å²) in [6.07, 6.45) is 0. The Balaban J connectivity index is 1.90. The Morgan fingerprint density at radius 1 is 1.07 bits per heavy atom. The van der Waals surface area contributed by atoms with Crippen LogP contribution >= 0.6 is 15.9 Å². The maximum absolute atomic E-state index is 14.3. The third-order valence-corrected chi connectivity index (χ3v) is 4.85. The number of ether oxygens (including phenoxy) is 1. The summed E-state index contributed by atoms with van der Waals surface area (Å²) < 4.78 is 20.7. The number of hydrogen-bond acceptors (Lipinski definition) is 3. The fourth-order valence-corrected chi connectivity index (χ4v) is 3.19. The second-order valence-corrected chi connectivity index (χ2v) is 7.62. The van der Waals surface area contributed by atoms with Crippen LogP contribution in [0.1, 0.15) is 21.5 Å². The minimum absolute atomic E-state index is 0.191. The van der Waals surface area contributed by atoms with Crippen molar-refractivity contribution in [3.63, 3.8) is 0 Å². The number of aryl methyl sites for hydroxylation is 1. The number of hydrogen-bond donors (Lipinski definition) is 1. The van der Waals surface area contributed by atoms with Crippen LogP contribution in [-0.2, 0) is 11.3 Å². The predicted octanol–water partition coefficient (Wildman–Crippen LogP) is 5.42. The van der Waals surface area contributed by atoms with E-state index in [1.54, 1.807) is 42.5 Å². The Labute approximate surface area is 181 Å². The van der Waals surface area contributed by atoms with Crippen LogP contribution in [0.25, 0.3) is 0 Å². The van der Waals surface area contributed by atoms with Gasteiger partial charge in [0.15, 0.2) is 0 Å². The molecule has 0 bridgehead atoms. The number of halogens is 2. The van der Waals surface area contributed by atoms with Crippen LogP contribution in [-0.4, -0.2) is 28.4 Å². The number of rotatable bonds is 7. The summed E-state index contributed by atoms with van der Waals surface area (Å²) in [7, 11) is 0. The second kappa shape index (κ2) is 9.54. The highest BCUT2D eigenvalue weighted by Crippen LogP contribution is 2.27. The zero-order valence-electron chi connectivity index (χ0n) is 16.1. The van der Waals surface area contributed by atoms with Crippen molar-refractivity contribution in [2.45, 2.75) is 13.5 Å². The van der Waals surface area contributed by atoms with Gasteiger partial charge < -0.3 is 14.7 Å². The fraction of sp³-hybridized carbons (Fsp3) is 0.130. The molecule has 0 radical (unpaired) electrons. The van der Waals surface area contributed by atoms with E-state index >= 15 is 0 Å². The number of carbonyl (C=O) groups is 2. The Morgan fingerprint density at radius 2 is 1.77 bits per heavy atom. The molecule has 5 nitrogen and oxygen atoms in total. The van der Waals surface area contributed by atoms with Crippen LogP contribution in [0.3, 0.4) is 0 Å². The van der Waals surface area contributed by atoms with Gasteiger partial charge in [-0.2, -0.15) is 0 Å². The van der Waals surface area contributed by atoms with E-state index in [0.717, 1.165) is 10.5 Å². The zero-order valence-corrected chi connectivity index (χ0v) is 17.7. The molecule has 0 heterocycles. The first-order valence-electron chi connectivity index (χ1n) is 9.12. The van der Waals surface area contributed by atoms with Crippen LogP contribution in [0.5, 0.6) is 11.5 Å².